The van der Waals surface area contributed by atoms with Crippen LogP contribution in [0.1, 0.15) is 32.5 Å². The molecule has 11 heteroatoms. The summed E-state index contributed by atoms with van der Waals surface area (Å²) in [5.74, 6) is 0.645. The highest BCUT2D eigenvalue weighted by molar-refractivity contribution is 7.99. The average Bonchev–Trinajstić information content (AvgIpc) is 3.24. The molecule has 0 fully saturated rings. The molecule has 0 aliphatic carbocycles. The molecule has 1 amide bonds. The summed E-state index contributed by atoms with van der Waals surface area (Å²) in [5.41, 5.74) is 0.777. The molecule has 0 spiro atoms. The first-order chi connectivity index (χ1) is 15.2. The number of amides is 1. The van der Waals surface area contributed by atoms with E-state index in [0.29, 0.717) is 10.8 Å². The highest BCUT2D eigenvalue weighted by Crippen LogP contribution is 2.29. The molecule has 0 aliphatic heterocycles. The summed E-state index contributed by atoms with van der Waals surface area (Å²) in [4.78, 5) is 16.8. The summed E-state index contributed by atoms with van der Waals surface area (Å²) in [5, 5.41) is 10.3. The largest absolute Gasteiger partial charge is 0.324 e. The van der Waals surface area contributed by atoms with Gasteiger partial charge in [-0.25, -0.2) is 13.4 Å². The number of hydrogen-bond acceptors (Lipinski definition) is 6. The van der Waals surface area contributed by atoms with Crippen LogP contribution in [0.2, 0.25) is 5.02 Å². The lowest BCUT2D eigenvalue weighted by molar-refractivity contribution is -0.113. The van der Waals surface area contributed by atoms with Gasteiger partial charge in [0.2, 0.25) is 11.1 Å². The molecule has 0 atom stereocenters. The summed E-state index contributed by atoms with van der Waals surface area (Å²) in [6, 6.07) is 13.1. The van der Waals surface area contributed by atoms with Crippen molar-refractivity contribution in [1.82, 2.24) is 15.2 Å². The van der Waals surface area contributed by atoms with Crippen LogP contribution in [0.3, 0.4) is 0 Å². The number of aromatic nitrogens is 3. The number of para-hydroxylation sites is 1. The second-order valence-electron chi connectivity index (χ2n) is 7.14. The van der Waals surface area contributed by atoms with Gasteiger partial charge < -0.3 is 5.32 Å². The molecule has 2 aromatic carbocycles. The van der Waals surface area contributed by atoms with Crippen LogP contribution in [0.15, 0.2) is 58.6 Å². The topological polar surface area (TPSA) is 108 Å². The number of aromatic amines is 1. The Balaban J connectivity index is 1.75. The number of sulfonamides is 1. The van der Waals surface area contributed by atoms with E-state index in [1.54, 1.807) is 31.2 Å². The number of halogens is 1. The average molecular weight is 494 g/mol. The summed E-state index contributed by atoms with van der Waals surface area (Å²) < 4.78 is 27.8. The summed E-state index contributed by atoms with van der Waals surface area (Å²) in [7, 11) is -3.85. The van der Waals surface area contributed by atoms with Gasteiger partial charge in [0, 0.05) is 12.5 Å². The van der Waals surface area contributed by atoms with Gasteiger partial charge >= 0.3 is 0 Å². The molecule has 0 saturated heterocycles. The SMILES string of the molecule is CCN(c1ccccc1)S(=O)(=O)c1ccc(Cl)c(NC(=O)CSc2n[nH]c(C(C)C)n2)c1. The van der Waals surface area contributed by atoms with Crippen LogP contribution < -0.4 is 9.62 Å². The molecule has 170 valence electrons. The fourth-order valence-electron chi connectivity index (χ4n) is 2.87. The van der Waals surface area contributed by atoms with Crippen LogP contribution in [0.4, 0.5) is 11.4 Å². The van der Waals surface area contributed by atoms with E-state index >= 15 is 0 Å². The van der Waals surface area contributed by atoms with Crippen LogP contribution in [0, 0.1) is 0 Å². The minimum atomic E-state index is -3.85. The molecule has 0 bridgehead atoms. The van der Waals surface area contributed by atoms with Crippen molar-refractivity contribution in [2.75, 3.05) is 21.9 Å². The van der Waals surface area contributed by atoms with Gasteiger partial charge in [-0.15, -0.1) is 5.10 Å². The molecular formula is C21H24ClN5O3S2. The number of benzene rings is 2. The van der Waals surface area contributed by atoms with E-state index in [1.165, 1.54) is 34.3 Å². The molecule has 3 rings (SSSR count). The van der Waals surface area contributed by atoms with E-state index in [9.17, 15) is 13.2 Å². The molecule has 32 heavy (non-hydrogen) atoms. The number of carbonyl (C=O) groups is 1. The highest BCUT2D eigenvalue weighted by Gasteiger charge is 2.24. The third-order valence-corrected chi connectivity index (χ3v) is 7.57. The van der Waals surface area contributed by atoms with Crippen molar-refractivity contribution in [1.29, 1.82) is 0 Å². The third kappa shape index (κ3) is 5.62. The number of thioether (sulfide) groups is 1. The van der Waals surface area contributed by atoms with Gasteiger partial charge in [0.15, 0.2) is 0 Å². The number of H-pyrrole nitrogens is 1. The van der Waals surface area contributed by atoms with Crippen molar-refractivity contribution in [2.45, 2.75) is 36.7 Å². The van der Waals surface area contributed by atoms with E-state index in [1.807, 2.05) is 19.9 Å². The zero-order chi connectivity index (χ0) is 23.3. The molecule has 0 aliphatic rings. The van der Waals surface area contributed by atoms with Gasteiger partial charge in [0.25, 0.3) is 10.0 Å². The van der Waals surface area contributed by atoms with Gasteiger partial charge in [-0.2, -0.15) is 0 Å². The summed E-state index contributed by atoms with van der Waals surface area (Å²) >= 11 is 7.39. The van der Waals surface area contributed by atoms with Crippen LogP contribution >= 0.6 is 23.4 Å². The smallest absolute Gasteiger partial charge is 0.264 e. The number of nitrogens with one attached hydrogen (secondary N) is 2. The Morgan fingerprint density at radius 1 is 1.22 bits per heavy atom. The molecule has 1 heterocycles. The maximum absolute atomic E-state index is 13.2. The quantitative estimate of drug-likeness (QED) is 0.424. The number of nitrogens with zero attached hydrogens (tertiary/aromatic N) is 3. The third-order valence-electron chi connectivity index (χ3n) is 4.49. The van der Waals surface area contributed by atoms with Gasteiger partial charge in [0.05, 0.1) is 27.0 Å². The Labute approximate surface area is 196 Å². The van der Waals surface area contributed by atoms with Crippen LogP contribution in [0.25, 0.3) is 0 Å². The lowest BCUT2D eigenvalue weighted by Gasteiger charge is -2.23. The lowest BCUT2D eigenvalue weighted by Crippen LogP contribution is -2.30. The highest BCUT2D eigenvalue weighted by atomic mass is 35.5. The number of rotatable bonds is 9. The Kier molecular flexibility index (Phi) is 7.81. The Morgan fingerprint density at radius 3 is 2.56 bits per heavy atom. The zero-order valence-electron chi connectivity index (χ0n) is 17.9. The maximum atomic E-state index is 13.2. The first-order valence-corrected chi connectivity index (χ1v) is 12.7. The number of hydrogen-bond donors (Lipinski definition) is 2. The van der Waals surface area contributed by atoms with E-state index < -0.39 is 10.0 Å². The van der Waals surface area contributed by atoms with Crippen LogP contribution in [-0.4, -0.2) is 41.8 Å². The number of anilines is 2. The molecule has 0 saturated carbocycles. The van der Waals surface area contributed by atoms with E-state index in [0.717, 1.165) is 5.82 Å². The first kappa shape index (κ1) is 24.1. The first-order valence-electron chi connectivity index (χ1n) is 9.94. The number of carbonyl (C=O) groups excluding carboxylic acids is 1. The van der Waals surface area contributed by atoms with E-state index in [4.69, 9.17) is 11.6 Å². The minimum absolute atomic E-state index is 0.0334. The predicted molar refractivity (Wildman–Crippen MR) is 128 cm³/mol. The second-order valence-corrected chi connectivity index (χ2v) is 10.4. The van der Waals surface area contributed by atoms with E-state index in [2.05, 4.69) is 20.5 Å². The van der Waals surface area contributed by atoms with Gasteiger partial charge in [-0.3, -0.25) is 14.2 Å². The van der Waals surface area contributed by atoms with Gasteiger partial charge in [0.1, 0.15) is 5.82 Å². The molecule has 8 nitrogen and oxygen atoms in total. The Morgan fingerprint density at radius 2 is 1.94 bits per heavy atom. The van der Waals surface area contributed by atoms with Crippen LogP contribution in [0.5, 0.6) is 0 Å². The molecule has 2 N–H and O–H groups in total. The monoisotopic (exact) mass is 493 g/mol. The van der Waals surface area contributed by atoms with E-state index in [-0.39, 0.29) is 39.7 Å². The van der Waals surface area contributed by atoms with Crippen molar-refractivity contribution < 1.29 is 13.2 Å². The fraction of sp³-hybridized carbons (Fsp3) is 0.286. The molecule has 0 unspecified atom stereocenters. The van der Waals surface area contributed by atoms with Gasteiger partial charge in [-0.05, 0) is 37.3 Å². The maximum Gasteiger partial charge on any atom is 0.264 e. The van der Waals surface area contributed by atoms with Crippen LogP contribution in [-0.2, 0) is 14.8 Å². The predicted octanol–water partition coefficient (Wildman–Crippen LogP) is 4.53. The van der Waals surface area contributed by atoms with Crippen molar-refractivity contribution in [3.8, 4) is 0 Å². The summed E-state index contributed by atoms with van der Waals surface area (Å²) in [6.07, 6.45) is 0. The minimum Gasteiger partial charge on any atom is -0.324 e. The molecule has 1 aromatic heterocycles. The molecular weight excluding hydrogens is 470 g/mol. The van der Waals surface area contributed by atoms with Crippen molar-refractivity contribution >= 4 is 50.7 Å². The van der Waals surface area contributed by atoms with Gasteiger partial charge in [-0.1, -0.05) is 55.4 Å². The Bertz CT molecular complexity index is 1180. The Hall–Kier alpha value is -2.56. The summed E-state index contributed by atoms with van der Waals surface area (Å²) in [6.45, 7) is 5.99. The van der Waals surface area contributed by atoms with Crippen molar-refractivity contribution in [2.24, 2.45) is 0 Å². The van der Waals surface area contributed by atoms with Crippen molar-refractivity contribution in [3.05, 3.63) is 59.4 Å². The lowest BCUT2D eigenvalue weighted by atomic mass is 10.2. The zero-order valence-corrected chi connectivity index (χ0v) is 20.3. The second kappa shape index (κ2) is 10.4. The molecule has 0 radical (unpaired) electrons. The normalized spacial score (nSPS) is 11.5. The fourth-order valence-corrected chi connectivity index (χ4v) is 5.14. The standard InChI is InChI=1S/C21H24ClN5O3S2/c1-4-27(15-8-6-5-7-9-15)32(29,30)16-10-11-17(22)18(12-16)23-19(28)13-31-21-24-20(14(2)3)25-26-21/h5-12,14H,4,13H2,1-3H3,(H,23,28)(H,24,25,26). The van der Waals surface area contributed by atoms with Crippen molar-refractivity contribution in [3.63, 3.8) is 0 Å². The molecule has 3 aromatic rings.